The highest BCUT2D eigenvalue weighted by atomic mass is 16.4. The molecule has 88 valence electrons. The normalized spacial score (nSPS) is 26.5. The van der Waals surface area contributed by atoms with Gasteiger partial charge in [-0.15, -0.1) is 0 Å². The number of aliphatic carboxylic acids is 1. The molecule has 2 nitrogen and oxygen atoms in total. The maximum Gasteiger partial charge on any atom is 0.303 e. The zero-order valence-corrected chi connectivity index (χ0v) is 9.87. The molecule has 1 aliphatic rings. The first-order valence-electron chi connectivity index (χ1n) is 6.44. The summed E-state index contributed by atoms with van der Waals surface area (Å²) in [5.74, 6) is 0.994. The van der Waals surface area contributed by atoms with E-state index in [-0.39, 0.29) is 0 Å². The Kier molecular flexibility index (Phi) is 5.74. The van der Waals surface area contributed by atoms with Crippen LogP contribution in [0, 0.1) is 11.8 Å². The Morgan fingerprint density at radius 3 is 2.13 bits per heavy atom. The van der Waals surface area contributed by atoms with Gasteiger partial charge in [-0.2, -0.15) is 0 Å². The van der Waals surface area contributed by atoms with E-state index in [0.29, 0.717) is 12.3 Å². The van der Waals surface area contributed by atoms with Gasteiger partial charge < -0.3 is 5.11 Å². The fourth-order valence-electron chi connectivity index (χ4n) is 2.63. The van der Waals surface area contributed by atoms with Gasteiger partial charge in [0, 0.05) is 6.42 Å². The van der Waals surface area contributed by atoms with Crippen molar-refractivity contribution in [3.63, 3.8) is 0 Å². The van der Waals surface area contributed by atoms with E-state index < -0.39 is 5.97 Å². The predicted octanol–water partition coefficient (Wildman–Crippen LogP) is 3.85. The largest absolute Gasteiger partial charge is 0.481 e. The fourth-order valence-corrected chi connectivity index (χ4v) is 2.63. The molecule has 0 aliphatic heterocycles. The van der Waals surface area contributed by atoms with E-state index in [2.05, 4.69) is 6.92 Å². The van der Waals surface area contributed by atoms with Gasteiger partial charge in [-0.1, -0.05) is 51.9 Å². The molecule has 0 aromatic heterocycles. The van der Waals surface area contributed by atoms with Crippen molar-refractivity contribution in [2.45, 2.75) is 64.7 Å². The number of unbranched alkanes of at least 4 members (excludes halogenated alkanes) is 1. The third kappa shape index (κ3) is 5.19. The third-order valence-corrected chi connectivity index (χ3v) is 3.70. The highest BCUT2D eigenvalue weighted by Crippen LogP contribution is 2.33. The van der Waals surface area contributed by atoms with Gasteiger partial charge >= 0.3 is 5.97 Å². The van der Waals surface area contributed by atoms with Gasteiger partial charge in [0.05, 0.1) is 0 Å². The molecular weight excluding hydrogens is 188 g/mol. The van der Waals surface area contributed by atoms with Crippen molar-refractivity contribution in [1.82, 2.24) is 0 Å². The van der Waals surface area contributed by atoms with Gasteiger partial charge in [0.25, 0.3) is 0 Å². The van der Waals surface area contributed by atoms with Crippen molar-refractivity contribution in [3.8, 4) is 0 Å². The van der Waals surface area contributed by atoms with Crippen molar-refractivity contribution in [2.24, 2.45) is 11.8 Å². The predicted molar refractivity (Wildman–Crippen MR) is 61.8 cm³/mol. The Morgan fingerprint density at radius 1 is 1.13 bits per heavy atom. The highest BCUT2D eigenvalue weighted by Gasteiger charge is 2.20. The summed E-state index contributed by atoms with van der Waals surface area (Å²) in [5.41, 5.74) is 0. The molecule has 1 saturated carbocycles. The van der Waals surface area contributed by atoms with Crippen LogP contribution in [0.1, 0.15) is 64.7 Å². The lowest BCUT2D eigenvalue weighted by Gasteiger charge is -2.28. The number of carbonyl (C=O) groups is 1. The van der Waals surface area contributed by atoms with Crippen LogP contribution in [0.25, 0.3) is 0 Å². The zero-order valence-electron chi connectivity index (χ0n) is 9.87. The van der Waals surface area contributed by atoms with Crippen LogP contribution in [0.15, 0.2) is 0 Å². The second-order valence-electron chi connectivity index (χ2n) is 4.96. The Morgan fingerprint density at radius 2 is 1.67 bits per heavy atom. The molecule has 1 fully saturated rings. The van der Waals surface area contributed by atoms with Gasteiger partial charge in [0.15, 0.2) is 0 Å². The van der Waals surface area contributed by atoms with Gasteiger partial charge in [-0.05, 0) is 18.3 Å². The SMILES string of the molecule is CCCCC1CCC(CCC(=O)O)CC1. The van der Waals surface area contributed by atoms with Crippen molar-refractivity contribution in [2.75, 3.05) is 0 Å². The van der Waals surface area contributed by atoms with Crippen LogP contribution in [0.4, 0.5) is 0 Å². The van der Waals surface area contributed by atoms with Crippen LogP contribution in [0.5, 0.6) is 0 Å². The number of carboxylic acid groups (broad SMARTS) is 1. The zero-order chi connectivity index (χ0) is 11.1. The molecule has 1 rings (SSSR count). The molecule has 0 aromatic rings. The maximum atomic E-state index is 10.4. The lowest BCUT2D eigenvalue weighted by molar-refractivity contribution is -0.137. The summed E-state index contributed by atoms with van der Waals surface area (Å²) >= 11 is 0. The van der Waals surface area contributed by atoms with Crippen molar-refractivity contribution in [3.05, 3.63) is 0 Å². The summed E-state index contributed by atoms with van der Waals surface area (Å²) in [7, 11) is 0. The molecule has 1 N–H and O–H groups in total. The summed E-state index contributed by atoms with van der Waals surface area (Å²) < 4.78 is 0. The lowest BCUT2D eigenvalue weighted by atomic mass is 9.78. The number of hydrogen-bond donors (Lipinski definition) is 1. The van der Waals surface area contributed by atoms with E-state index in [0.717, 1.165) is 12.3 Å². The standard InChI is InChI=1S/C13H24O2/c1-2-3-4-11-5-7-12(8-6-11)9-10-13(14)15/h11-12H,2-10H2,1H3,(H,14,15). The molecule has 0 saturated heterocycles. The minimum Gasteiger partial charge on any atom is -0.481 e. The monoisotopic (exact) mass is 212 g/mol. The molecule has 1 aliphatic carbocycles. The number of hydrogen-bond acceptors (Lipinski definition) is 1. The van der Waals surface area contributed by atoms with E-state index in [1.165, 1.54) is 44.9 Å². The second kappa shape index (κ2) is 6.86. The van der Waals surface area contributed by atoms with E-state index in [1.54, 1.807) is 0 Å². The maximum absolute atomic E-state index is 10.4. The summed E-state index contributed by atoms with van der Waals surface area (Å²) in [6.07, 6.45) is 10.5. The average molecular weight is 212 g/mol. The molecule has 0 heterocycles. The lowest BCUT2D eigenvalue weighted by Crippen LogP contribution is -2.15. The summed E-state index contributed by atoms with van der Waals surface area (Å²) in [6, 6.07) is 0. The van der Waals surface area contributed by atoms with E-state index in [1.807, 2.05) is 0 Å². The van der Waals surface area contributed by atoms with E-state index in [9.17, 15) is 4.79 Å². The fraction of sp³-hybridized carbons (Fsp3) is 0.923. The van der Waals surface area contributed by atoms with Gasteiger partial charge in [-0.25, -0.2) is 0 Å². The molecule has 0 bridgehead atoms. The minimum atomic E-state index is -0.636. The molecule has 0 unspecified atom stereocenters. The molecule has 15 heavy (non-hydrogen) atoms. The summed E-state index contributed by atoms with van der Waals surface area (Å²) in [6.45, 7) is 2.25. The van der Waals surface area contributed by atoms with Crippen LogP contribution in [0.2, 0.25) is 0 Å². The molecule has 0 aromatic carbocycles. The quantitative estimate of drug-likeness (QED) is 0.726. The molecule has 0 spiro atoms. The molecule has 2 heteroatoms. The first-order chi connectivity index (χ1) is 7.22. The first kappa shape index (κ1) is 12.5. The molecule has 0 amide bonds. The van der Waals surface area contributed by atoms with E-state index in [4.69, 9.17) is 5.11 Å². The molecular formula is C13H24O2. The second-order valence-corrected chi connectivity index (χ2v) is 4.96. The Labute approximate surface area is 93.1 Å². The smallest absolute Gasteiger partial charge is 0.303 e. The van der Waals surface area contributed by atoms with E-state index >= 15 is 0 Å². The summed E-state index contributed by atoms with van der Waals surface area (Å²) in [4.78, 5) is 10.4. The molecule has 0 atom stereocenters. The van der Waals surface area contributed by atoms with Crippen LogP contribution in [-0.4, -0.2) is 11.1 Å². The Hall–Kier alpha value is -0.530. The van der Waals surface area contributed by atoms with Crippen LogP contribution in [0.3, 0.4) is 0 Å². The Balaban J connectivity index is 2.09. The minimum absolute atomic E-state index is 0.365. The van der Waals surface area contributed by atoms with Crippen molar-refractivity contribution in [1.29, 1.82) is 0 Å². The van der Waals surface area contributed by atoms with Crippen LogP contribution >= 0.6 is 0 Å². The summed E-state index contributed by atoms with van der Waals surface area (Å²) in [5, 5.41) is 8.61. The van der Waals surface area contributed by atoms with Gasteiger partial charge in [-0.3, -0.25) is 4.79 Å². The Bertz CT molecular complexity index is 181. The van der Waals surface area contributed by atoms with Crippen molar-refractivity contribution >= 4 is 5.97 Å². The number of carboxylic acids is 1. The third-order valence-electron chi connectivity index (χ3n) is 3.70. The first-order valence-corrected chi connectivity index (χ1v) is 6.44. The van der Waals surface area contributed by atoms with Crippen LogP contribution < -0.4 is 0 Å². The van der Waals surface area contributed by atoms with Crippen LogP contribution in [-0.2, 0) is 4.79 Å². The topological polar surface area (TPSA) is 37.3 Å². The molecule has 0 radical (unpaired) electrons. The van der Waals surface area contributed by atoms with Gasteiger partial charge in [0.2, 0.25) is 0 Å². The average Bonchev–Trinajstić information content (AvgIpc) is 2.25. The number of rotatable bonds is 6. The van der Waals surface area contributed by atoms with Crippen molar-refractivity contribution < 1.29 is 9.90 Å². The van der Waals surface area contributed by atoms with Gasteiger partial charge in [0.1, 0.15) is 0 Å². The highest BCUT2D eigenvalue weighted by molar-refractivity contribution is 5.66.